The van der Waals surface area contributed by atoms with E-state index in [-0.39, 0.29) is 24.3 Å². The van der Waals surface area contributed by atoms with E-state index in [9.17, 15) is 9.59 Å². The molecule has 11 nitrogen and oxygen atoms in total. The van der Waals surface area contributed by atoms with Crippen LogP contribution in [-0.2, 0) is 11.3 Å². The van der Waals surface area contributed by atoms with Gasteiger partial charge in [0.2, 0.25) is 11.9 Å². The van der Waals surface area contributed by atoms with Crippen LogP contribution >= 0.6 is 0 Å². The summed E-state index contributed by atoms with van der Waals surface area (Å²) in [5.74, 6) is 1.24. The van der Waals surface area contributed by atoms with Crippen LogP contribution in [0.2, 0.25) is 0 Å². The number of aromatic nitrogens is 5. The first-order valence-corrected chi connectivity index (χ1v) is 13.1. The summed E-state index contributed by atoms with van der Waals surface area (Å²) in [5, 5.41) is 11.6. The van der Waals surface area contributed by atoms with Gasteiger partial charge in [-0.25, -0.2) is 4.98 Å². The van der Waals surface area contributed by atoms with Crippen molar-refractivity contribution < 1.29 is 9.59 Å². The average molecular weight is 512 g/mol. The summed E-state index contributed by atoms with van der Waals surface area (Å²) in [6.45, 7) is 2.27. The number of carbonyl (C=O) groups is 2. The van der Waals surface area contributed by atoms with Gasteiger partial charge in [0, 0.05) is 36.8 Å². The van der Waals surface area contributed by atoms with Gasteiger partial charge in [-0.1, -0.05) is 12.1 Å². The Hall–Kier alpha value is -4.28. The van der Waals surface area contributed by atoms with Gasteiger partial charge >= 0.3 is 0 Å². The number of nitrogens with one attached hydrogen (secondary N) is 2. The predicted molar refractivity (Wildman–Crippen MR) is 142 cm³/mol. The van der Waals surface area contributed by atoms with Crippen molar-refractivity contribution in [2.45, 2.75) is 32.2 Å². The lowest BCUT2D eigenvalue weighted by Gasteiger charge is -2.36. The Morgan fingerprint density at radius 2 is 2.08 bits per heavy atom. The van der Waals surface area contributed by atoms with Crippen molar-refractivity contribution in [3.63, 3.8) is 0 Å². The van der Waals surface area contributed by atoms with Gasteiger partial charge in [-0.15, -0.1) is 0 Å². The monoisotopic (exact) mass is 511 g/mol. The number of benzene rings is 1. The summed E-state index contributed by atoms with van der Waals surface area (Å²) < 4.78 is 1.86. The number of hydrogen-bond donors (Lipinski definition) is 3. The fraction of sp³-hybridized carbons (Fsp3) is 0.407. The molecule has 1 saturated heterocycles. The van der Waals surface area contributed by atoms with Crippen LogP contribution in [0.4, 0.5) is 11.8 Å². The molecule has 194 valence electrons. The molecule has 2 amide bonds. The molecule has 1 spiro atoms. The van der Waals surface area contributed by atoms with Crippen LogP contribution in [0.25, 0.3) is 21.9 Å². The Morgan fingerprint density at radius 1 is 1.21 bits per heavy atom. The summed E-state index contributed by atoms with van der Waals surface area (Å²) in [6, 6.07) is 7.44. The Labute approximate surface area is 218 Å². The number of carbonyl (C=O) groups excluding carboxylic acids is 2. The number of anilines is 2. The number of amides is 2. The zero-order chi connectivity index (χ0) is 25.9. The molecule has 1 aliphatic heterocycles. The van der Waals surface area contributed by atoms with E-state index in [2.05, 4.69) is 30.7 Å². The third-order valence-electron chi connectivity index (χ3n) is 8.19. The second-order valence-electron chi connectivity index (χ2n) is 10.9. The standard InChI is InChI=1S/C27H29N9O2/c28-26-33-20-13-32-36(23(20)24(34-26)31-12-16-10-27(11-16)5-6-27)14-17-3-4-19(18-2-1-7-30-22(17)18)25(38)35-9-8-29-21(37)15-35/h1-4,7,13,16H,5-6,8-12,14-15H2,(H,29,37)(H3,28,31,33,34). The van der Waals surface area contributed by atoms with Crippen LogP contribution in [-0.4, -0.2) is 67.6 Å². The molecule has 11 heteroatoms. The minimum atomic E-state index is -0.173. The molecule has 0 radical (unpaired) electrons. The van der Waals surface area contributed by atoms with Gasteiger partial charge in [0.25, 0.3) is 5.91 Å². The highest BCUT2D eigenvalue weighted by molar-refractivity contribution is 6.08. The highest BCUT2D eigenvalue weighted by atomic mass is 16.2. The molecular formula is C27H29N9O2. The van der Waals surface area contributed by atoms with Crippen LogP contribution in [0.5, 0.6) is 0 Å². The third kappa shape index (κ3) is 3.98. The number of hydrogen-bond acceptors (Lipinski definition) is 8. The molecule has 0 bridgehead atoms. The normalized spacial score (nSPS) is 18.5. The van der Waals surface area contributed by atoms with Gasteiger partial charge in [-0.3, -0.25) is 19.3 Å². The van der Waals surface area contributed by atoms with E-state index in [1.807, 2.05) is 28.9 Å². The number of nitrogens with two attached hydrogens (primary N) is 1. The summed E-state index contributed by atoms with van der Waals surface area (Å²) in [4.78, 5) is 40.3. The summed E-state index contributed by atoms with van der Waals surface area (Å²) in [7, 11) is 0. The fourth-order valence-corrected chi connectivity index (χ4v) is 6.08. The Morgan fingerprint density at radius 3 is 2.89 bits per heavy atom. The molecule has 2 aliphatic carbocycles. The van der Waals surface area contributed by atoms with Crippen LogP contribution in [0, 0.1) is 11.3 Å². The maximum absolute atomic E-state index is 13.3. The molecule has 0 atom stereocenters. The topological polar surface area (TPSA) is 144 Å². The van der Waals surface area contributed by atoms with E-state index in [1.54, 1.807) is 17.3 Å². The lowest BCUT2D eigenvalue weighted by molar-refractivity contribution is -0.123. The Balaban J connectivity index is 1.19. The number of piperazine rings is 1. The van der Waals surface area contributed by atoms with E-state index in [0.717, 1.165) is 28.5 Å². The Bertz CT molecular complexity index is 1580. The van der Waals surface area contributed by atoms with Gasteiger partial charge in [-0.2, -0.15) is 10.1 Å². The molecule has 0 unspecified atom stereocenters. The summed E-state index contributed by atoms with van der Waals surface area (Å²) in [5.41, 5.74) is 10.3. The van der Waals surface area contributed by atoms with Gasteiger partial charge in [-0.05, 0) is 54.7 Å². The number of fused-ring (bicyclic) bond motifs is 2. The fourth-order valence-electron chi connectivity index (χ4n) is 6.08. The smallest absolute Gasteiger partial charge is 0.255 e. The van der Waals surface area contributed by atoms with E-state index in [0.29, 0.717) is 47.9 Å². The highest BCUT2D eigenvalue weighted by Crippen LogP contribution is 2.63. The lowest BCUT2D eigenvalue weighted by Crippen LogP contribution is -2.50. The molecule has 4 N–H and O–H groups in total. The number of nitrogen functional groups attached to an aromatic ring is 1. The van der Waals surface area contributed by atoms with Gasteiger partial charge in [0.05, 0.1) is 24.8 Å². The lowest BCUT2D eigenvalue weighted by atomic mass is 9.72. The van der Waals surface area contributed by atoms with Gasteiger partial charge < -0.3 is 21.3 Å². The largest absolute Gasteiger partial charge is 0.368 e. The average Bonchev–Trinajstić information content (AvgIpc) is 3.61. The number of nitrogens with zero attached hydrogens (tertiary/aromatic N) is 6. The molecule has 38 heavy (non-hydrogen) atoms. The van der Waals surface area contributed by atoms with Crippen molar-refractivity contribution in [2.75, 3.05) is 37.2 Å². The first kappa shape index (κ1) is 22.9. The first-order valence-electron chi connectivity index (χ1n) is 13.1. The minimum absolute atomic E-state index is 0.0579. The molecule has 7 rings (SSSR count). The molecule has 4 aromatic rings. The van der Waals surface area contributed by atoms with Crippen molar-refractivity contribution in [3.05, 3.63) is 47.8 Å². The highest BCUT2D eigenvalue weighted by Gasteiger charge is 2.52. The quantitative estimate of drug-likeness (QED) is 0.357. The van der Waals surface area contributed by atoms with Crippen molar-refractivity contribution in [2.24, 2.45) is 11.3 Å². The van der Waals surface area contributed by atoms with Crippen LogP contribution < -0.4 is 16.4 Å². The van der Waals surface area contributed by atoms with Crippen molar-refractivity contribution in [3.8, 4) is 0 Å². The van der Waals surface area contributed by atoms with Gasteiger partial charge in [0.1, 0.15) is 11.0 Å². The zero-order valence-electron chi connectivity index (χ0n) is 21.0. The molecule has 2 saturated carbocycles. The molecule has 1 aromatic carbocycles. The van der Waals surface area contributed by atoms with E-state index < -0.39 is 0 Å². The maximum Gasteiger partial charge on any atom is 0.255 e. The van der Waals surface area contributed by atoms with Crippen LogP contribution in [0.15, 0.2) is 36.7 Å². The SMILES string of the molecule is Nc1nc(NCC2CC3(CC3)C2)c2c(cnn2Cc2ccc(C(=O)N3CCNC(=O)C3)c3cccnc23)n1. The molecular weight excluding hydrogens is 482 g/mol. The predicted octanol–water partition coefficient (Wildman–Crippen LogP) is 2.18. The minimum Gasteiger partial charge on any atom is -0.368 e. The van der Waals surface area contributed by atoms with E-state index >= 15 is 0 Å². The summed E-state index contributed by atoms with van der Waals surface area (Å²) >= 11 is 0. The Kier molecular flexibility index (Phi) is 5.20. The molecule has 4 heterocycles. The van der Waals surface area contributed by atoms with Gasteiger partial charge in [0.15, 0.2) is 5.82 Å². The third-order valence-corrected chi connectivity index (χ3v) is 8.19. The molecule has 3 aliphatic rings. The van der Waals surface area contributed by atoms with Crippen molar-refractivity contribution >= 4 is 45.5 Å². The number of pyridine rings is 1. The molecule has 3 fully saturated rings. The van der Waals surface area contributed by atoms with Crippen molar-refractivity contribution in [1.82, 2.24) is 34.9 Å². The zero-order valence-corrected chi connectivity index (χ0v) is 21.0. The van der Waals surface area contributed by atoms with E-state index in [1.165, 1.54) is 25.7 Å². The second kappa shape index (κ2) is 8.64. The van der Waals surface area contributed by atoms with Crippen LogP contribution in [0.3, 0.4) is 0 Å². The number of rotatable bonds is 6. The van der Waals surface area contributed by atoms with Crippen molar-refractivity contribution in [1.29, 1.82) is 0 Å². The summed E-state index contributed by atoms with van der Waals surface area (Å²) in [6.07, 6.45) is 8.75. The first-order chi connectivity index (χ1) is 18.5. The maximum atomic E-state index is 13.3. The van der Waals surface area contributed by atoms with E-state index in [4.69, 9.17) is 5.73 Å². The second-order valence-corrected chi connectivity index (χ2v) is 10.9. The van der Waals surface area contributed by atoms with Crippen LogP contribution in [0.1, 0.15) is 41.6 Å². The molecule has 3 aromatic heterocycles.